The molecular formula is C23H25BrO. The molecule has 0 N–H and O–H groups in total. The van der Waals surface area contributed by atoms with Gasteiger partial charge in [-0.25, -0.2) is 0 Å². The molecule has 3 aromatic rings. The van der Waals surface area contributed by atoms with Gasteiger partial charge in [-0.15, -0.1) is 0 Å². The predicted octanol–water partition coefficient (Wildman–Crippen LogP) is 7.43. The van der Waals surface area contributed by atoms with Crippen LogP contribution in [-0.2, 0) is 5.60 Å². The summed E-state index contributed by atoms with van der Waals surface area (Å²) < 4.78 is 7.46. The largest absolute Gasteiger partial charge is 0.483 e. The lowest BCUT2D eigenvalue weighted by atomic mass is 9.95. The van der Waals surface area contributed by atoms with Crippen LogP contribution in [0, 0.1) is 0 Å². The van der Waals surface area contributed by atoms with Crippen molar-refractivity contribution >= 4 is 26.7 Å². The normalized spacial score (nSPS) is 13.0. The lowest BCUT2D eigenvalue weighted by Crippen LogP contribution is -2.25. The Morgan fingerprint density at radius 1 is 0.960 bits per heavy atom. The monoisotopic (exact) mass is 396 g/mol. The third kappa shape index (κ3) is 3.74. The summed E-state index contributed by atoms with van der Waals surface area (Å²) in [7, 11) is 0. The highest BCUT2D eigenvalue weighted by molar-refractivity contribution is 9.10. The molecule has 0 spiro atoms. The van der Waals surface area contributed by atoms with Crippen molar-refractivity contribution in [1.82, 2.24) is 0 Å². The Morgan fingerprint density at radius 2 is 1.64 bits per heavy atom. The average molecular weight is 397 g/mol. The van der Waals surface area contributed by atoms with Crippen LogP contribution in [0.15, 0.2) is 65.1 Å². The number of rotatable bonds is 5. The van der Waals surface area contributed by atoms with Crippen LogP contribution in [-0.4, -0.2) is 0 Å². The molecule has 25 heavy (non-hydrogen) atoms. The molecule has 0 radical (unpaired) electrons. The van der Waals surface area contributed by atoms with Gasteiger partial charge in [-0.3, -0.25) is 0 Å². The van der Waals surface area contributed by atoms with Crippen molar-refractivity contribution in [2.75, 3.05) is 0 Å². The fourth-order valence-corrected chi connectivity index (χ4v) is 4.12. The van der Waals surface area contributed by atoms with Crippen LogP contribution in [0.1, 0.15) is 51.2 Å². The van der Waals surface area contributed by atoms with Crippen LogP contribution < -0.4 is 4.74 Å². The van der Waals surface area contributed by atoms with E-state index in [-0.39, 0.29) is 0 Å². The Balaban J connectivity index is 1.90. The smallest absolute Gasteiger partial charge is 0.129 e. The van der Waals surface area contributed by atoms with Crippen molar-refractivity contribution in [2.45, 2.75) is 45.6 Å². The minimum Gasteiger partial charge on any atom is -0.483 e. The fourth-order valence-electron chi connectivity index (χ4n) is 3.15. The Kier molecular flexibility index (Phi) is 5.19. The summed E-state index contributed by atoms with van der Waals surface area (Å²) in [6.45, 7) is 8.70. The molecule has 0 aliphatic heterocycles. The van der Waals surface area contributed by atoms with Crippen molar-refractivity contribution in [3.63, 3.8) is 0 Å². The quantitative estimate of drug-likeness (QED) is 0.435. The van der Waals surface area contributed by atoms with Crippen molar-refractivity contribution in [2.24, 2.45) is 0 Å². The van der Waals surface area contributed by atoms with Gasteiger partial charge in [0.15, 0.2) is 0 Å². The number of ether oxygens (including phenoxy) is 1. The van der Waals surface area contributed by atoms with E-state index in [4.69, 9.17) is 4.74 Å². The van der Waals surface area contributed by atoms with Gasteiger partial charge in [0.1, 0.15) is 11.4 Å². The van der Waals surface area contributed by atoms with Crippen LogP contribution in [0.2, 0.25) is 0 Å². The standard InChI is InChI=1S/C23H25BrO/c1-5-16(2)17-10-13-19(14-11-17)25-23(3,4)21-15-12-18-8-6-7-9-20(18)22(21)24/h6-16H,5H2,1-4H3. The molecule has 0 fully saturated rings. The van der Waals surface area contributed by atoms with Crippen LogP contribution in [0.25, 0.3) is 10.8 Å². The van der Waals surface area contributed by atoms with Crippen LogP contribution >= 0.6 is 15.9 Å². The molecule has 0 saturated carbocycles. The molecule has 130 valence electrons. The van der Waals surface area contributed by atoms with E-state index < -0.39 is 5.60 Å². The highest BCUT2D eigenvalue weighted by atomic mass is 79.9. The van der Waals surface area contributed by atoms with Gasteiger partial charge in [0, 0.05) is 10.0 Å². The average Bonchev–Trinajstić information content (AvgIpc) is 2.61. The molecule has 1 nitrogen and oxygen atoms in total. The SMILES string of the molecule is CCC(C)c1ccc(OC(C)(C)c2ccc3ccccc3c2Br)cc1. The third-order valence-electron chi connectivity index (χ3n) is 4.95. The molecule has 0 aliphatic rings. The summed E-state index contributed by atoms with van der Waals surface area (Å²) in [6.07, 6.45) is 1.15. The Labute approximate surface area is 159 Å². The summed E-state index contributed by atoms with van der Waals surface area (Å²) in [5, 5.41) is 2.44. The van der Waals surface area contributed by atoms with Crippen molar-refractivity contribution in [3.8, 4) is 5.75 Å². The van der Waals surface area contributed by atoms with Crippen LogP contribution in [0.5, 0.6) is 5.75 Å². The maximum atomic E-state index is 6.36. The molecule has 1 unspecified atom stereocenters. The number of benzene rings is 3. The second kappa shape index (κ2) is 7.21. The van der Waals surface area contributed by atoms with Gasteiger partial charge in [-0.1, -0.05) is 62.4 Å². The molecular weight excluding hydrogens is 372 g/mol. The molecule has 0 heterocycles. The van der Waals surface area contributed by atoms with Crippen molar-refractivity contribution in [1.29, 1.82) is 0 Å². The van der Waals surface area contributed by atoms with Gasteiger partial charge in [0.2, 0.25) is 0 Å². The summed E-state index contributed by atoms with van der Waals surface area (Å²) in [6, 6.07) is 21.2. The molecule has 0 amide bonds. The molecule has 0 aliphatic carbocycles. The number of hydrogen-bond acceptors (Lipinski definition) is 1. The van der Waals surface area contributed by atoms with E-state index in [0.29, 0.717) is 5.92 Å². The molecule has 1 atom stereocenters. The number of hydrogen-bond donors (Lipinski definition) is 0. The van der Waals surface area contributed by atoms with Gasteiger partial charge < -0.3 is 4.74 Å². The van der Waals surface area contributed by atoms with Gasteiger partial charge in [0.25, 0.3) is 0 Å². The molecule has 3 aromatic carbocycles. The highest BCUT2D eigenvalue weighted by Gasteiger charge is 2.26. The van der Waals surface area contributed by atoms with E-state index in [0.717, 1.165) is 22.2 Å². The second-order valence-corrected chi connectivity index (χ2v) is 7.93. The Hall–Kier alpha value is -1.80. The van der Waals surface area contributed by atoms with Gasteiger partial charge in [-0.2, -0.15) is 0 Å². The molecule has 3 rings (SSSR count). The number of fused-ring (bicyclic) bond motifs is 1. The molecule has 0 aromatic heterocycles. The predicted molar refractivity (Wildman–Crippen MR) is 110 cm³/mol. The zero-order valence-electron chi connectivity index (χ0n) is 15.3. The topological polar surface area (TPSA) is 9.23 Å². The Morgan fingerprint density at radius 3 is 2.32 bits per heavy atom. The Bertz CT molecular complexity index is 865. The summed E-state index contributed by atoms with van der Waals surface area (Å²) in [5.41, 5.74) is 2.08. The van der Waals surface area contributed by atoms with E-state index in [2.05, 4.69) is 104 Å². The first-order valence-electron chi connectivity index (χ1n) is 8.89. The third-order valence-corrected chi connectivity index (χ3v) is 5.80. The first-order valence-corrected chi connectivity index (χ1v) is 9.68. The summed E-state index contributed by atoms with van der Waals surface area (Å²) >= 11 is 3.79. The van der Waals surface area contributed by atoms with Crippen molar-refractivity contribution in [3.05, 3.63) is 76.3 Å². The zero-order chi connectivity index (χ0) is 18.0. The second-order valence-electron chi connectivity index (χ2n) is 7.14. The molecule has 2 heteroatoms. The maximum Gasteiger partial charge on any atom is 0.129 e. The lowest BCUT2D eigenvalue weighted by Gasteiger charge is -2.29. The van der Waals surface area contributed by atoms with Crippen molar-refractivity contribution < 1.29 is 4.74 Å². The van der Waals surface area contributed by atoms with Gasteiger partial charge in [0.05, 0.1) is 0 Å². The van der Waals surface area contributed by atoms with Gasteiger partial charge >= 0.3 is 0 Å². The first-order chi connectivity index (χ1) is 11.9. The minimum absolute atomic E-state index is 0.430. The maximum absolute atomic E-state index is 6.36. The molecule has 0 bridgehead atoms. The minimum atomic E-state index is -0.430. The van der Waals surface area contributed by atoms with Gasteiger partial charge in [-0.05, 0) is 70.6 Å². The first kappa shape index (κ1) is 18.0. The van der Waals surface area contributed by atoms with E-state index in [9.17, 15) is 0 Å². The molecule has 0 saturated heterocycles. The fraction of sp³-hybridized carbons (Fsp3) is 0.304. The van der Waals surface area contributed by atoms with Crippen LogP contribution in [0.3, 0.4) is 0 Å². The summed E-state index contributed by atoms with van der Waals surface area (Å²) in [4.78, 5) is 0. The van der Waals surface area contributed by atoms with E-state index in [1.165, 1.54) is 16.3 Å². The lowest BCUT2D eigenvalue weighted by molar-refractivity contribution is 0.108. The number of halogens is 1. The van der Waals surface area contributed by atoms with E-state index in [1.54, 1.807) is 0 Å². The summed E-state index contributed by atoms with van der Waals surface area (Å²) in [5.74, 6) is 1.48. The van der Waals surface area contributed by atoms with E-state index >= 15 is 0 Å². The zero-order valence-corrected chi connectivity index (χ0v) is 16.9. The highest BCUT2D eigenvalue weighted by Crippen LogP contribution is 2.37. The van der Waals surface area contributed by atoms with Crippen LogP contribution in [0.4, 0.5) is 0 Å². The van der Waals surface area contributed by atoms with E-state index in [1.807, 2.05) is 0 Å².